The summed E-state index contributed by atoms with van der Waals surface area (Å²) >= 11 is 17.5. The molecule has 0 aliphatic heterocycles. The van der Waals surface area contributed by atoms with E-state index >= 15 is 0 Å². The van der Waals surface area contributed by atoms with Crippen LogP contribution in [0, 0.1) is 6.92 Å². The Balaban J connectivity index is 2.07. The number of hydrogen-bond donors (Lipinski definition) is 1. The minimum atomic E-state index is -0.617. The summed E-state index contributed by atoms with van der Waals surface area (Å²) in [5, 5.41) is 3.94. The molecule has 1 N–H and O–H groups in total. The van der Waals surface area contributed by atoms with Crippen molar-refractivity contribution in [2.45, 2.75) is 6.92 Å². The molecule has 0 saturated heterocycles. The normalized spacial score (nSPS) is 10.2. The summed E-state index contributed by atoms with van der Waals surface area (Å²) in [6.45, 7) is 1.83. The van der Waals surface area contributed by atoms with E-state index in [1.54, 1.807) is 30.3 Å². The van der Waals surface area contributed by atoms with Gasteiger partial charge in [-0.15, -0.1) is 0 Å². The molecule has 20 heavy (non-hydrogen) atoms. The van der Waals surface area contributed by atoms with Gasteiger partial charge in [0.2, 0.25) is 0 Å². The smallest absolute Gasteiger partial charge is 0.410 e. The molecule has 0 atom stereocenters. The van der Waals surface area contributed by atoms with Crippen molar-refractivity contribution >= 4 is 46.6 Å². The largest absolute Gasteiger partial charge is 0.417 e. The van der Waals surface area contributed by atoms with Crippen molar-refractivity contribution in [1.29, 1.82) is 0 Å². The van der Waals surface area contributed by atoms with Gasteiger partial charge in [-0.1, -0.05) is 34.8 Å². The first-order valence-electron chi connectivity index (χ1n) is 5.66. The van der Waals surface area contributed by atoms with Crippen LogP contribution in [0.25, 0.3) is 0 Å². The van der Waals surface area contributed by atoms with Crippen LogP contribution in [0.15, 0.2) is 36.4 Å². The number of benzene rings is 2. The van der Waals surface area contributed by atoms with Crippen molar-refractivity contribution < 1.29 is 9.53 Å². The second-order valence-electron chi connectivity index (χ2n) is 4.05. The van der Waals surface area contributed by atoms with Crippen LogP contribution >= 0.6 is 34.8 Å². The number of nitrogens with one attached hydrogen (secondary N) is 1. The Hall–Kier alpha value is -1.42. The summed E-state index contributed by atoms with van der Waals surface area (Å²) in [5.41, 5.74) is 1.46. The van der Waals surface area contributed by atoms with Crippen molar-refractivity contribution in [3.63, 3.8) is 0 Å². The van der Waals surface area contributed by atoms with Crippen LogP contribution in [0.4, 0.5) is 10.5 Å². The van der Waals surface area contributed by atoms with Crippen LogP contribution < -0.4 is 10.1 Å². The van der Waals surface area contributed by atoms with Gasteiger partial charge in [0, 0.05) is 16.8 Å². The van der Waals surface area contributed by atoms with Crippen LogP contribution in [-0.2, 0) is 0 Å². The van der Waals surface area contributed by atoms with E-state index in [0.29, 0.717) is 26.5 Å². The lowest BCUT2D eigenvalue weighted by Crippen LogP contribution is -2.17. The van der Waals surface area contributed by atoms with Crippen LogP contribution in [0.3, 0.4) is 0 Å². The molecule has 0 bridgehead atoms. The average molecular weight is 331 g/mol. The second kappa shape index (κ2) is 6.35. The highest BCUT2D eigenvalue weighted by molar-refractivity contribution is 6.42. The standard InChI is InChI=1S/C14H10Cl3NO2/c1-8-6-9(15)2-5-13(8)18-14(19)20-10-3-4-11(16)12(17)7-10/h2-7H,1H3,(H,18,19). The van der Waals surface area contributed by atoms with Gasteiger partial charge in [-0.05, 0) is 42.8 Å². The number of amides is 1. The maximum atomic E-state index is 11.8. The first-order chi connectivity index (χ1) is 9.45. The fourth-order valence-electron chi connectivity index (χ4n) is 1.55. The van der Waals surface area contributed by atoms with Gasteiger partial charge < -0.3 is 4.74 Å². The Kier molecular flexibility index (Phi) is 4.76. The predicted octanol–water partition coefficient (Wildman–Crippen LogP) is 5.57. The van der Waals surface area contributed by atoms with E-state index in [1.165, 1.54) is 6.07 Å². The van der Waals surface area contributed by atoms with E-state index in [1.807, 2.05) is 6.92 Å². The highest BCUT2D eigenvalue weighted by Crippen LogP contribution is 2.26. The monoisotopic (exact) mass is 329 g/mol. The van der Waals surface area contributed by atoms with E-state index in [9.17, 15) is 4.79 Å². The number of carbonyl (C=O) groups is 1. The second-order valence-corrected chi connectivity index (χ2v) is 5.30. The Morgan fingerprint density at radius 2 is 1.80 bits per heavy atom. The molecule has 3 nitrogen and oxygen atoms in total. The Morgan fingerprint density at radius 1 is 1.05 bits per heavy atom. The molecule has 0 heterocycles. The number of rotatable bonds is 2. The third-order valence-corrected chi connectivity index (χ3v) is 3.50. The lowest BCUT2D eigenvalue weighted by Gasteiger charge is -2.09. The zero-order valence-corrected chi connectivity index (χ0v) is 12.7. The number of halogens is 3. The third kappa shape index (κ3) is 3.79. The molecule has 2 aromatic rings. The first-order valence-corrected chi connectivity index (χ1v) is 6.79. The number of ether oxygens (including phenoxy) is 1. The summed E-state index contributed by atoms with van der Waals surface area (Å²) in [6, 6.07) is 9.72. The zero-order valence-electron chi connectivity index (χ0n) is 10.4. The van der Waals surface area contributed by atoms with Crippen molar-refractivity contribution in [2.75, 3.05) is 5.32 Å². The fraction of sp³-hybridized carbons (Fsp3) is 0.0714. The van der Waals surface area contributed by atoms with Crippen LogP contribution in [0.1, 0.15) is 5.56 Å². The van der Waals surface area contributed by atoms with Crippen LogP contribution in [0.5, 0.6) is 5.75 Å². The molecule has 0 saturated carbocycles. The maximum absolute atomic E-state index is 11.8. The van der Waals surface area contributed by atoms with Gasteiger partial charge in [0.1, 0.15) is 5.75 Å². The van der Waals surface area contributed by atoms with Crippen LogP contribution in [-0.4, -0.2) is 6.09 Å². The molecule has 0 fully saturated rings. The van der Waals surface area contributed by atoms with E-state index in [2.05, 4.69) is 5.32 Å². The third-order valence-electron chi connectivity index (χ3n) is 2.53. The minimum Gasteiger partial charge on any atom is -0.410 e. The highest BCUT2D eigenvalue weighted by atomic mass is 35.5. The highest BCUT2D eigenvalue weighted by Gasteiger charge is 2.08. The van der Waals surface area contributed by atoms with Gasteiger partial charge in [0.25, 0.3) is 0 Å². The van der Waals surface area contributed by atoms with Gasteiger partial charge in [0.05, 0.1) is 10.0 Å². The van der Waals surface area contributed by atoms with E-state index in [4.69, 9.17) is 39.5 Å². The molecule has 0 spiro atoms. The van der Waals surface area contributed by atoms with Crippen molar-refractivity contribution in [1.82, 2.24) is 0 Å². The quantitative estimate of drug-likeness (QED) is 0.782. The molecule has 104 valence electrons. The predicted molar refractivity (Wildman–Crippen MR) is 82.3 cm³/mol. The van der Waals surface area contributed by atoms with E-state index in [0.717, 1.165) is 5.56 Å². The average Bonchev–Trinajstić information content (AvgIpc) is 2.37. The minimum absolute atomic E-state index is 0.309. The molecule has 0 unspecified atom stereocenters. The molecule has 0 aliphatic rings. The molecule has 0 aromatic heterocycles. The topological polar surface area (TPSA) is 38.3 Å². The molecule has 2 aromatic carbocycles. The Morgan fingerprint density at radius 3 is 2.45 bits per heavy atom. The Labute approximate surface area is 131 Å². The number of anilines is 1. The number of aryl methyl sites for hydroxylation is 1. The van der Waals surface area contributed by atoms with Gasteiger partial charge in [-0.2, -0.15) is 0 Å². The van der Waals surface area contributed by atoms with Gasteiger partial charge in [-0.25, -0.2) is 4.79 Å². The van der Waals surface area contributed by atoms with E-state index in [-0.39, 0.29) is 0 Å². The van der Waals surface area contributed by atoms with Crippen molar-refractivity contribution in [3.8, 4) is 5.75 Å². The summed E-state index contributed by atoms with van der Waals surface area (Å²) in [7, 11) is 0. The van der Waals surface area contributed by atoms with E-state index < -0.39 is 6.09 Å². The first kappa shape index (κ1) is 15.0. The summed E-state index contributed by atoms with van der Waals surface area (Å²) in [6.07, 6.45) is -0.617. The van der Waals surface area contributed by atoms with Gasteiger partial charge in [0.15, 0.2) is 0 Å². The molecule has 6 heteroatoms. The molecular formula is C14H10Cl3NO2. The zero-order chi connectivity index (χ0) is 14.7. The Bertz CT molecular complexity index is 659. The molecule has 2 rings (SSSR count). The van der Waals surface area contributed by atoms with Gasteiger partial charge in [-0.3, -0.25) is 5.32 Å². The number of hydrogen-bond acceptors (Lipinski definition) is 2. The molecular weight excluding hydrogens is 321 g/mol. The van der Waals surface area contributed by atoms with Crippen molar-refractivity contribution in [2.24, 2.45) is 0 Å². The molecule has 0 aliphatic carbocycles. The van der Waals surface area contributed by atoms with Gasteiger partial charge >= 0.3 is 6.09 Å². The lowest BCUT2D eigenvalue weighted by molar-refractivity contribution is 0.215. The van der Waals surface area contributed by atoms with Crippen molar-refractivity contribution in [3.05, 3.63) is 57.0 Å². The fourth-order valence-corrected chi connectivity index (χ4v) is 2.06. The summed E-state index contributed by atoms with van der Waals surface area (Å²) in [5.74, 6) is 0.309. The number of carbonyl (C=O) groups excluding carboxylic acids is 1. The summed E-state index contributed by atoms with van der Waals surface area (Å²) in [4.78, 5) is 11.8. The SMILES string of the molecule is Cc1cc(Cl)ccc1NC(=O)Oc1ccc(Cl)c(Cl)c1. The maximum Gasteiger partial charge on any atom is 0.417 e. The lowest BCUT2D eigenvalue weighted by atomic mass is 10.2. The summed E-state index contributed by atoms with van der Waals surface area (Å²) < 4.78 is 5.11. The molecule has 0 radical (unpaired) electrons. The molecule has 1 amide bonds. The van der Waals surface area contributed by atoms with Crippen LogP contribution in [0.2, 0.25) is 15.1 Å².